The normalized spacial score (nSPS) is 35.1. The van der Waals surface area contributed by atoms with Crippen LogP contribution in [0.2, 0.25) is 0 Å². The molecule has 2 aliphatic rings. The summed E-state index contributed by atoms with van der Waals surface area (Å²) in [5, 5.41) is 0. The van der Waals surface area contributed by atoms with Gasteiger partial charge < -0.3 is 4.74 Å². The molecule has 6 heteroatoms. The van der Waals surface area contributed by atoms with Crippen molar-refractivity contribution < 1.29 is 17.9 Å². The summed E-state index contributed by atoms with van der Waals surface area (Å²) in [5.41, 5.74) is 0.372. The van der Waals surface area contributed by atoms with Crippen LogP contribution in [0.3, 0.4) is 0 Å². The summed E-state index contributed by atoms with van der Waals surface area (Å²) in [5.74, 6) is 0. The Hall–Kier alpha value is -0.0700. The molecular formula is C11H7Br2F3O. The average Bonchev–Trinajstić information content (AvgIpc) is 2.76. The van der Waals surface area contributed by atoms with Gasteiger partial charge in [0.25, 0.3) is 0 Å². The Bertz CT molecular complexity index is 474. The van der Waals surface area contributed by atoms with Crippen LogP contribution in [-0.2, 0) is 10.9 Å². The average molecular weight is 372 g/mol. The van der Waals surface area contributed by atoms with Crippen molar-refractivity contribution in [3.63, 3.8) is 0 Å². The second kappa shape index (κ2) is 3.71. The molecule has 0 N–H and O–H groups in total. The van der Waals surface area contributed by atoms with E-state index in [2.05, 4.69) is 31.9 Å². The number of rotatable bonds is 0. The van der Waals surface area contributed by atoms with Gasteiger partial charge in [0.2, 0.25) is 0 Å². The van der Waals surface area contributed by atoms with Crippen LogP contribution in [-0.4, -0.2) is 9.65 Å². The summed E-state index contributed by atoms with van der Waals surface area (Å²) in [7, 11) is 0. The molecule has 3 rings (SSSR count). The Morgan fingerprint density at radius 2 is 1.71 bits per heavy atom. The van der Waals surface area contributed by atoms with Crippen molar-refractivity contribution in [1.82, 2.24) is 0 Å². The van der Waals surface area contributed by atoms with E-state index in [-0.39, 0.29) is 15.8 Å². The van der Waals surface area contributed by atoms with Gasteiger partial charge in [0.05, 0.1) is 27.4 Å². The molecule has 2 bridgehead atoms. The van der Waals surface area contributed by atoms with E-state index in [9.17, 15) is 13.2 Å². The summed E-state index contributed by atoms with van der Waals surface area (Å²) in [6.07, 6.45) is -5.13. The quantitative estimate of drug-likeness (QED) is 0.616. The molecule has 0 saturated carbocycles. The van der Waals surface area contributed by atoms with Gasteiger partial charge in [0.1, 0.15) is 0 Å². The van der Waals surface area contributed by atoms with E-state index in [4.69, 9.17) is 4.74 Å². The minimum Gasteiger partial charge on any atom is -0.363 e. The molecule has 0 unspecified atom stereocenters. The van der Waals surface area contributed by atoms with Crippen LogP contribution in [0, 0.1) is 0 Å². The van der Waals surface area contributed by atoms with Crippen molar-refractivity contribution in [3.05, 3.63) is 34.9 Å². The zero-order valence-electron chi connectivity index (χ0n) is 8.34. The third kappa shape index (κ3) is 1.60. The molecule has 1 aromatic rings. The predicted octanol–water partition coefficient (Wildman–Crippen LogP) is 4.36. The van der Waals surface area contributed by atoms with Crippen LogP contribution in [0.4, 0.5) is 13.2 Å². The summed E-state index contributed by atoms with van der Waals surface area (Å²) in [4.78, 5) is -0.105. The second-order valence-corrected chi connectivity index (χ2v) is 6.29. The topological polar surface area (TPSA) is 9.23 Å². The maximum Gasteiger partial charge on any atom is 0.416 e. The van der Waals surface area contributed by atoms with Gasteiger partial charge in [0.15, 0.2) is 0 Å². The number of hydrogen-bond donors (Lipinski definition) is 0. The van der Waals surface area contributed by atoms with Crippen LogP contribution in [0.25, 0.3) is 0 Å². The first kappa shape index (κ1) is 12.0. The third-order valence-corrected chi connectivity index (χ3v) is 6.02. The summed E-state index contributed by atoms with van der Waals surface area (Å²) in [6, 6.07) is 4.27. The first-order valence-corrected chi connectivity index (χ1v) is 6.88. The lowest BCUT2D eigenvalue weighted by atomic mass is 9.88. The molecule has 1 fully saturated rings. The Labute approximate surface area is 113 Å². The van der Waals surface area contributed by atoms with Crippen LogP contribution < -0.4 is 0 Å². The molecule has 17 heavy (non-hydrogen) atoms. The van der Waals surface area contributed by atoms with E-state index in [1.165, 1.54) is 6.07 Å². The van der Waals surface area contributed by atoms with Gasteiger partial charge in [-0.2, -0.15) is 13.2 Å². The van der Waals surface area contributed by atoms with Crippen molar-refractivity contribution in [3.8, 4) is 0 Å². The lowest BCUT2D eigenvalue weighted by molar-refractivity contribution is -0.138. The second-order valence-electron chi connectivity index (χ2n) is 4.17. The first-order chi connectivity index (χ1) is 7.91. The molecule has 0 radical (unpaired) electrons. The fraction of sp³-hybridized carbons (Fsp3) is 0.455. The molecular weight excluding hydrogens is 365 g/mol. The summed E-state index contributed by atoms with van der Waals surface area (Å²) in [6.45, 7) is 0. The molecule has 0 aliphatic carbocycles. The lowest BCUT2D eigenvalue weighted by Gasteiger charge is -2.24. The minimum absolute atomic E-state index is 0.0171. The van der Waals surface area contributed by atoms with Crippen LogP contribution in [0.15, 0.2) is 18.2 Å². The molecule has 2 aliphatic heterocycles. The van der Waals surface area contributed by atoms with E-state index >= 15 is 0 Å². The maximum absolute atomic E-state index is 12.9. The highest BCUT2D eigenvalue weighted by Crippen LogP contribution is 2.58. The third-order valence-electron chi connectivity index (χ3n) is 3.21. The standard InChI is InChI=1S/C11H7Br2F3O/c12-7-8(13)10-6-4(9(7)17-10)2-1-3-5(6)11(14,15)16/h1-3,7-10H/t7-,8+,9+,10+/m0/s1. The van der Waals surface area contributed by atoms with Crippen molar-refractivity contribution in [2.45, 2.75) is 28.0 Å². The number of ether oxygens (including phenoxy) is 1. The van der Waals surface area contributed by atoms with E-state index < -0.39 is 17.8 Å². The Kier molecular flexibility index (Phi) is 2.62. The number of fused-ring (bicyclic) bond motifs is 5. The minimum atomic E-state index is -4.33. The van der Waals surface area contributed by atoms with Crippen molar-refractivity contribution in [1.29, 1.82) is 0 Å². The molecule has 92 valence electrons. The van der Waals surface area contributed by atoms with E-state index in [1.54, 1.807) is 6.07 Å². The summed E-state index contributed by atoms with van der Waals surface area (Å²) >= 11 is 6.84. The van der Waals surface area contributed by atoms with Gasteiger partial charge >= 0.3 is 6.18 Å². The fourth-order valence-corrected chi connectivity index (χ4v) is 3.86. The predicted molar refractivity (Wildman–Crippen MR) is 63.4 cm³/mol. The highest BCUT2D eigenvalue weighted by atomic mass is 79.9. The fourth-order valence-electron chi connectivity index (χ4n) is 2.51. The van der Waals surface area contributed by atoms with Gasteiger partial charge in [-0.3, -0.25) is 0 Å². The Balaban J connectivity index is 2.19. The van der Waals surface area contributed by atoms with Crippen molar-refractivity contribution in [2.75, 3.05) is 0 Å². The zero-order valence-corrected chi connectivity index (χ0v) is 11.5. The molecule has 0 aromatic heterocycles. The van der Waals surface area contributed by atoms with Gasteiger partial charge in [-0.05, 0) is 17.2 Å². The van der Waals surface area contributed by atoms with E-state index in [0.29, 0.717) is 11.1 Å². The molecule has 0 amide bonds. The number of benzene rings is 1. The van der Waals surface area contributed by atoms with Crippen LogP contribution in [0.5, 0.6) is 0 Å². The largest absolute Gasteiger partial charge is 0.416 e. The first-order valence-electron chi connectivity index (χ1n) is 5.05. The van der Waals surface area contributed by atoms with Crippen LogP contribution in [0.1, 0.15) is 28.9 Å². The van der Waals surface area contributed by atoms with Crippen LogP contribution >= 0.6 is 31.9 Å². The molecule has 1 saturated heterocycles. The van der Waals surface area contributed by atoms with E-state index in [0.717, 1.165) is 6.07 Å². The molecule has 0 spiro atoms. The Morgan fingerprint density at radius 1 is 1.06 bits per heavy atom. The van der Waals surface area contributed by atoms with Gasteiger partial charge in [-0.25, -0.2) is 0 Å². The zero-order chi connectivity index (χ0) is 12.4. The molecule has 2 heterocycles. The highest BCUT2D eigenvalue weighted by molar-refractivity contribution is 9.12. The molecule has 1 nitrogen and oxygen atoms in total. The van der Waals surface area contributed by atoms with Gasteiger partial charge in [0, 0.05) is 0 Å². The molecule has 1 aromatic carbocycles. The highest BCUT2D eigenvalue weighted by Gasteiger charge is 2.53. The van der Waals surface area contributed by atoms with Gasteiger partial charge in [-0.15, -0.1) is 0 Å². The smallest absolute Gasteiger partial charge is 0.363 e. The molecule has 4 atom stereocenters. The SMILES string of the molecule is FC(F)(F)c1cccc2c1[C@H]1O[C@H]2[C@@H](Br)[C@H]1Br. The monoisotopic (exact) mass is 370 g/mol. The number of alkyl halides is 5. The number of halogens is 5. The van der Waals surface area contributed by atoms with Crippen molar-refractivity contribution in [2.24, 2.45) is 0 Å². The number of hydrogen-bond acceptors (Lipinski definition) is 1. The summed E-state index contributed by atoms with van der Waals surface area (Å²) < 4.78 is 44.3. The van der Waals surface area contributed by atoms with E-state index in [1.807, 2.05) is 0 Å². The van der Waals surface area contributed by atoms with Crippen molar-refractivity contribution >= 4 is 31.9 Å². The maximum atomic E-state index is 12.9. The lowest BCUT2D eigenvalue weighted by Crippen LogP contribution is -2.24. The Morgan fingerprint density at radius 3 is 2.35 bits per heavy atom. The van der Waals surface area contributed by atoms with Gasteiger partial charge in [-0.1, -0.05) is 44.0 Å².